The molecule has 4 amide bonds. The Morgan fingerprint density at radius 2 is 1.49 bits per heavy atom. The van der Waals surface area contributed by atoms with Gasteiger partial charge in [0.2, 0.25) is 0 Å². The van der Waals surface area contributed by atoms with Crippen LogP contribution < -0.4 is 4.18 Å². The summed E-state index contributed by atoms with van der Waals surface area (Å²) >= 11 is 0. The molecule has 2 aromatic heterocycles. The molecule has 0 aliphatic carbocycles. The highest BCUT2D eigenvalue weighted by atomic mass is 32.2. The van der Waals surface area contributed by atoms with Crippen molar-refractivity contribution in [2.75, 3.05) is 19.6 Å². The number of fused-ring (bicyclic) bond motifs is 2. The van der Waals surface area contributed by atoms with Gasteiger partial charge >= 0.3 is 22.2 Å². The topological polar surface area (TPSA) is 139 Å². The number of likely N-dealkylation sites (tertiary alicyclic amines) is 1. The van der Waals surface area contributed by atoms with Crippen LogP contribution in [0, 0.1) is 5.92 Å². The number of ether oxygens (including phenoxy) is 1. The van der Waals surface area contributed by atoms with Crippen LogP contribution in [0.25, 0.3) is 21.5 Å². The Labute approximate surface area is 308 Å². The molecular formula is C40H41N5O7S. The van der Waals surface area contributed by atoms with Crippen LogP contribution in [-0.2, 0) is 32.6 Å². The quantitative estimate of drug-likeness (QED) is 0.121. The van der Waals surface area contributed by atoms with Gasteiger partial charge in [-0.05, 0) is 86.4 Å². The van der Waals surface area contributed by atoms with Gasteiger partial charge in [-0.2, -0.15) is 8.42 Å². The summed E-state index contributed by atoms with van der Waals surface area (Å²) in [5.41, 5.74) is 1.03. The molecule has 1 atom stereocenters. The number of benzene rings is 3. The molecule has 0 bridgehead atoms. The number of carbonyl (C=O) groups is 3. The van der Waals surface area contributed by atoms with E-state index in [4.69, 9.17) is 8.92 Å². The average Bonchev–Trinajstić information content (AvgIpc) is 3.35. The Bertz CT molecular complexity index is 2270. The van der Waals surface area contributed by atoms with E-state index in [9.17, 15) is 22.8 Å². The van der Waals surface area contributed by atoms with E-state index in [-0.39, 0.29) is 54.1 Å². The van der Waals surface area contributed by atoms with Crippen LogP contribution in [-0.4, -0.2) is 82.4 Å². The molecule has 2 fully saturated rings. The fraction of sp³-hybridized carbons (Fsp3) is 0.325. The summed E-state index contributed by atoms with van der Waals surface area (Å²) in [5, 5.41) is 3.05. The monoisotopic (exact) mass is 735 g/mol. The predicted octanol–water partition coefficient (Wildman–Crippen LogP) is 6.57. The van der Waals surface area contributed by atoms with Gasteiger partial charge in [0, 0.05) is 73.5 Å². The third kappa shape index (κ3) is 7.80. The molecule has 13 heteroatoms. The van der Waals surface area contributed by atoms with Crippen molar-refractivity contribution < 1.29 is 31.7 Å². The van der Waals surface area contributed by atoms with E-state index in [1.165, 1.54) is 17.2 Å². The molecule has 0 N–H and O–H groups in total. The van der Waals surface area contributed by atoms with Crippen LogP contribution in [0.5, 0.6) is 5.75 Å². The molecule has 2 aliphatic rings. The lowest BCUT2D eigenvalue weighted by atomic mass is 9.96. The summed E-state index contributed by atoms with van der Waals surface area (Å²) in [4.78, 5) is 53.9. The van der Waals surface area contributed by atoms with Gasteiger partial charge in [-0.1, -0.05) is 42.5 Å². The van der Waals surface area contributed by atoms with Crippen molar-refractivity contribution in [3.63, 3.8) is 0 Å². The molecular weight excluding hydrogens is 695 g/mol. The third-order valence-electron chi connectivity index (χ3n) is 9.69. The lowest BCUT2D eigenvalue weighted by Gasteiger charge is -2.34. The van der Waals surface area contributed by atoms with Crippen molar-refractivity contribution in [3.05, 3.63) is 109 Å². The van der Waals surface area contributed by atoms with Crippen LogP contribution in [0.15, 0.2) is 102 Å². The van der Waals surface area contributed by atoms with Gasteiger partial charge in [0.05, 0.1) is 0 Å². The van der Waals surface area contributed by atoms with Crippen LogP contribution >= 0.6 is 0 Å². The maximum atomic E-state index is 14.2. The van der Waals surface area contributed by atoms with Gasteiger partial charge in [-0.3, -0.25) is 19.7 Å². The highest BCUT2D eigenvalue weighted by Crippen LogP contribution is 2.31. The minimum Gasteiger partial charge on any atom is -0.444 e. The highest BCUT2D eigenvalue weighted by Gasteiger charge is 2.46. The van der Waals surface area contributed by atoms with E-state index in [0.29, 0.717) is 36.7 Å². The van der Waals surface area contributed by atoms with Crippen molar-refractivity contribution in [2.45, 2.75) is 63.1 Å². The van der Waals surface area contributed by atoms with Crippen LogP contribution in [0.1, 0.15) is 44.7 Å². The van der Waals surface area contributed by atoms with E-state index in [1.807, 2.05) is 45.0 Å². The van der Waals surface area contributed by atoms with Crippen molar-refractivity contribution in [1.82, 2.24) is 24.7 Å². The second kappa shape index (κ2) is 14.5. The molecule has 0 radical (unpaired) electrons. The number of amides is 4. The minimum absolute atomic E-state index is 0.0298. The lowest BCUT2D eigenvalue weighted by Crippen LogP contribution is -2.44. The van der Waals surface area contributed by atoms with Crippen LogP contribution in [0.2, 0.25) is 0 Å². The predicted molar refractivity (Wildman–Crippen MR) is 198 cm³/mol. The SMILES string of the molecule is CC(C)(C)OC(=O)N1CCC(CN2C(=O)C(Cc3ccc(OS(=O)(=O)c4cccc5cnccc45)cc3)N(Cc3cccc4cnccc34)C2=O)CC1. The van der Waals surface area contributed by atoms with E-state index in [0.717, 1.165) is 21.9 Å². The van der Waals surface area contributed by atoms with Gasteiger partial charge in [0.25, 0.3) is 5.91 Å². The molecule has 5 aromatic rings. The maximum Gasteiger partial charge on any atom is 0.410 e. The normalized spacial score (nSPS) is 17.2. The van der Waals surface area contributed by atoms with E-state index in [2.05, 4.69) is 9.97 Å². The number of aromatic nitrogens is 2. The van der Waals surface area contributed by atoms with E-state index in [1.54, 1.807) is 70.9 Å². The Morgan fingerprint density at radius 3 is 2.17 bits per heavy atom. The molecule has 0 spiro atoms. The van der Waals surface area contributed by atoms with Crippen molar-refractivity contribution in [1.29, 1.82) is 0 Å². The third-order valence-corrected chi connectivity index (χ3v) is 11.0. The largest absolute Gasteiger partial charge is 0.444 e. The first-order chi connectivity index (χ1) is 25.4. The van der Waals surface area contributed by atoms with Gasteiger partial charge in [-0.25, -0.2) is 9.59 Å². The van der Waals surface area contributed by atoms with Gasteiger partial charge in [-0.15, -0.1) is 0 Å². The van der Waals surface area contributed by atoms with Gasteiger partial charge < -0.3 is 18.7 Å². The Balaban J connectivity index is 1.09. The lowest BCUT2D eigenvalue weighted by molar-refractivity contribution is -0.129. The zero-order chi connectivity index (χ0) is 37.3. The molecule has 53 heavy (non-hydrogen) atoms. The fourth-order valence-corrected chi connectivity index (χ4v) is 8.17. The number of carbonyl (C=O) groups excluding carboxylic acids is 3. The zero-order valence-electron chi connectivity index (χ0n) is 29.8. The first kappa shape index (κ1) is 35.8. The smallest absolute Gasteiger partial charge is 0.410 e. The van der Waals surface area contributed by atoms with Crippen molar-refractivity contribution in [2.24, 2.45) is 5.92 Å². The first-order valence-corrected chi connectivity index (χ1v) is 19.0. The minimum atomic E-state index is -4.17. The van der Waals surface area contributed by atoms with Gasteiger partial charge in [0.15, 0.2) is 0 Å². The molecule has 1 unspecified atom stereocenters. The molecule has 12 nitrogen and oxygen atoms in total. The maximum absolute atomic E-state index is 14.2. The van der Waals surface area contributed by atoms with E-state index < -0.39 is 21.8 Å². The van der Waals surface area contributed by atoms with Crippen LogP contribution in [0.4, 0.5) is 9.59 Å². The number of rotatable bonds is 9. The molecule has 0 saturated carbocycles. The highest BCUT2D eigenvalue weighted by molar-refractivity contribution is 7.87. The summed E-state index contributed by atoms with van der Waals surface area (Å²) in [6, 6.07) is 19.6. The second-order valence-electron chi connectivity index (χ2n) is 14.5. The molecule has 2 saturated heterocycles. The van der Waals surface area contributed by atoms with Crippen LogP contribution in [0.3, 0.4) is 0 Å². The fourth-order valence-electron chi connectivity index (χ4n) is 7.02. The Hall–Kier alpha value is -5.56. The summed E-state index contributed by atoms with van der Waals surface area (Å²) in [5.74, 6) is -0.142. The number of imide groups is 1. The molecule has 274 valence electrons. The summed E-state index contributed by atoms with van der Waals surface area (Å²) in [7, 11) is -4.17. The Kier molecular flexibility index (Phi) is 9.77. The number of pyridine rings is 2. The standard InChI is InChI=1S/C40H41N5O7S/c1-40(2,3)51-39(48)43-20-16-28(17-21-43)25-45-37(46)35(44(38(45)47)26-31-8-4-6-29-23-41-18-14-33(29)31)22-27-10-12-32(13-11-27)52-53(49,50)36-9-5-7-30-24-42-19-15-34(30)36/h4-15,18-19,23-24,28,35H,16-17,20-22,25-26H2,1-3H3. The summed E-state index contributed by atoms with van der Waals surface area (Å²) in [6.45, 7) is 6.92. The van der Waals surface area contributed by atoms with Gasteiger partial charge in [0.1, 0.15) is 22.3 Å². The van der Waals surface area contributed by atoms with Crippen molar-refractivity contribution in [3.8, 4) is 5.75 Å². The number of nitrogens with zero attached hydrogens (tertiary/aromatic N) is 5. The molecule has 3 aromatic carbocycles. The number of urea groups is 1. The molecule has 2 aliphatic heterocycles. The number of hydrogen-bond donors (Lipinski definition) is 0. The zero-order valence-corrected chi connectivity index (χ0v) is 30.7. The summed E-state index contributed by atoms with van der Waals surface area (Å²) in [6.07, 6.45) is 7.73. The first-order valence-electron chi connectivity index (χ1n) is 17.6. The van der Waals surface area contributed by atoms with Crippen molar-refractivity contribution >= 4 is 49.7 Å². The molecule has 4 heterocycles. The molecule has 7 rings (SSSR count). The van der Waals surface area contributed by atoms with E-state index >= 15 is 0 Å². The average molecular weight is 736 g/mol. The second-order valence-corrected chi connectivity index (χ2v) is 16.1. The summed E-state index contributed by atoms with van der Waals surface area (Å²) < 4.78 is 37.7. The Morgan fingerprint density at radius 1 is 0.849 bits per heavy atom. The number of hydrogen-bond acceptors (Lipinski definition) is 9. The number of piperidine rings is 1.